The predicted molar refractivity (Wildman–Crippen MR) is 121 cm³/mol. The predicted octanol–water partition coefficient (Wildman–Crippen LogP) is 8.60. The first-order valence-corrected chi connectivity index (χ1v) is 12.3. The molecule has 0 bridgehead atoms. The Labute approximate surface area is 178 Å². The van der Waals surface area contributed by atoms with Crippen molar-refractivity contribution in [2.45, 2.75) is 96.3 Å². The first kappa shape index (κ1) is 22.4. The van der Waals surface area contributed by atoms with Gasteiger partial charge < -0.3 is 4.74 Å². The fourth-order valence-corrected chi connectivity index (χ4v) is 5.52. The number of benzene rings is 1. The minimum atomic E-state index is 0.706. The van der Waals surface area contributed by atoms with Crippen LogP contribution in [0.3, 0.4) is 0 Å². The number of hydrogen-bond donors (Lipinski definition) is 0. The molecule has 2 aliphatic rings. The molecule has 1 aromatic carbocycles. The van der Waals surface area contributed by atoms with Gasteiger partial charge in [0.2, 0.25) is 0 Å². The van der Waals surface area contributed by atoms with Crippen LogP contribution < -0.4 is 4.74 Å². The molecule has 0 heterocycles. The van der Waals surface area contributed by atoms with E-state index in [1.807, 2.05) is 0 Å². The van der Waals surface area contributed by atoms with Gasteiger partial charge in [0.25, 0.3) is 0 Å². The van der Waals surface area contributed by atoms with Crippen LogP contribution in [0.5, 0.6) is 5.75 Å². The van der Waals surface area contributed by atoms with Crippen molar-refractivity contribution >= 4 is 0 Å². The highest BCUT2D eigenvalue weighted by Gasteiger charge is 2.25. The lowest BCUT2D eigenvalue weighted by Crippen LogP contribution is -2.17. The second kappa shape index (κ2) is 12.4. The number of allylic oxidation sites excluding steroid dienone is 1. The Morgan fingerprint density at radius 1 is 0.828 bits per heavy atom. The molecule has 2 aliphatic carbocycles. The molecule has 0 spiro atoms. The summed E-state index contributed by atoms with van der Waals surface area (Å²) < 4.78 is 17.8. The summed E-state index contributed by atoms with van der Waals surface area (Å²) in [6, 6.07) is 8.89. The van der Waals surface area contributed by atoms with E-state index in [0.717, 1.165) is 48.9 Å². The SMILES string of the molecule is CCCOc1ccc([C@H]2CC[C@H](CC[C@H]3CC[C@H](CCC=CF)CC3)CC2)cc1. The van der Waals surface area contributed by atoms with E-state index in [4.69, 9.17) is 4.74 Å². The normalized spacial score (nSPS) is 27.9. The molecule has 3 rings (SSSR count). The number of hydrogen-bond acceptors (Lipinski definition) is 1. The lowest BCUT2D eigenvalue weighted by atomic mass is 9.74. The average Bonchev–Trinajstić information content (AvgIpc) is 2.78. The molecule has 2 heteroatoms. The highest BCUT2D eigenvalue weighted by molar-refractivity contribution is 5.29. The Hall–Kier alpha value is -1.31. The lowest BCUT2D eigenvalue weighted by molar-refractivity contribution is 0.225. The molecule has 1 aromatic rings. The second-order valence-electron chi connectivity index (χ2n) is 9.54. The standard InChI is InChI=1S/C27H41FO/c1-2-21-29-27-18-16-26(17-19-27)25-14-12-24(13-15-25)11-10-23-8-6-22(7-9-23)5-3-4-20-28/h4,16-20,22-25H,2-3,5-15,21H2,1H3/t22-,23-,24-,25-. The van der Waals surface area contributed by atoms with Crippen molar-refractivity contribution in [2.75, 3.05) is 6.61 Å². The highest BCUT2D eigenvalue weighted by Crippen LogP contribution is 2.40. The zero-order chi connectivity index (χ0) is 20.3. The van der Waals surface area contributed by atoms with Gasteiger partial charge >= 0.3 is 0 Å². The van der Waals surface area contributed by atoms with Crippen LogP contribution in [0.4, 0.5) is 4.39 Å². The van der Waals surface area contributed by atoms with Crippen molar-refractivity contribution in [3.05, 3.63) is 42.2 Å². The molecular weight excluding hydrogens is 359 g/mol. The van der Waals surface area contributed by atoms with Gasteiger partial charge in [0.15, 0.2) is 0 Å². The molecule has 0 aromatic heterocycles. The molecule has 1 nitrogen and oxygen atoms in total. The third-order valence-electron chi connectivity index (χ3n) is 7.45. The van der Waals surface area contributed by atoms with Crippen LogP contribution in [0.1, 0.15) is 102 Å². The first-order chi connectivity index (χ1) is 14.3. The topological polar surface area (TPSA) is 9.23 Å². The first-order valence-electron chi connectivity index (χ1n) is 12.3. The summed E-state index contributed by atoms with van der Waals surface area (Å²) in [4.78, 5) is 0. The molecule has 0 amide bonds. The van der Waals surface area contributed by atoms with E-state index in [2.05, 4.69) is 31.2 Å². The van der Waals surface area contributed by atoms with Gasteiger partial charge in [-0.2, -0.15) is 0 Å². The Morgan fingerprint density at radius 2 is 1.38 bits per heavy atom. The van der Waals surface area contributed by atoms with Gasteiger partial charge in [-0.1, -0.05) is 63.7 Å². The van der Waals surface area contributed by atoms with Crippen LogP contribution in [0, 0.1) is 17.8 Å². The lowest BCUT2D eigenvalue weighted by Gasteiger charge is -2.32. The smallest absolute Gasteiger partial charge is 0.119 e. The summed E-state index contributed by atoms with van der Waals surface area (Å²) in [5, 5.41) is 0. The van der Waals surface area contributed by atoms with Crippen molar-refractivity contribution in [3.63, 3.8) is 0 Å². The third kappa shape index (κ3) is 7.46. The Kier molecular flexibility index (Phi) is 9.57. The summed E-state index contributed by atoms with van der Waals surface area (Å²) in [6.07, 6.45) is 19.5. The molecule has 0 radical (unpaired) electrons. The van der Waals surface area contributed by atoms with Crippen LogP contribution in [0.2, 0.25) is 0 Å². The quantitative estimate of drug-likeness (QED) is 0.382. The zero-order valence-electron chi connectivity index (χ0n) is 18.5. The van der Waals surface area contributed by atoms with E-state index >= 15 is 0 Å². The Bertz CT molecular complexity index is 577. The Morgan fingerprint density at radius 3 is 1.93 bits per heavy atom. The van der Waals surface area contributed by atoms with Crippen LogP contribution >= 0.6 is 0 Å². The van der Waals surface area contributed by atoms with Gasteiger partial charge in [-0.3, -0.25) is 0 Å². The van der Waals surface area contributed by atoms with Gasteiger partial charge in [0.1, 0.15) is 5.75 Å². The summed E-state index contributed by atoms with van der Waals surface area (Å²) in [5.74, 6) is 4.51. The van der Waals surface area contributed by atoms with Crippen LogP contribution in [-0.2, 0) is 0 Å². The van der Waals surface area contributed by atoms with Gasteiger partial charge in [-0.05, 0) is 86.3 Å². The van der Waals surface area contributed by atoms with Gasteiger partial charge in [-0.25, -0.2) is 4.39 Å². The number of rotatable bonds is 10. The highest BCUT2D eigenvalue weighted by atomic mass is 19.1. The molecule has 0 atom stereocenters. The monoisotopic (exact) mass is 400 g/mol. The van der Waals surface area contributed by atoms with Crippen molar-refractivity contribution in [1.29, 1.82) is 0 Å². The fourth-order valence-electron chi connectivity index (χ4n) is 5.52. The zero-order valence-corrected chi connectivity index (χ0v) is 18.5. The summed E-state index contributed by atoms with van der Waals surface area (Å²) in [6.45, 7) is 2.95. The van der Waals surface area contributed by atoms with Crippen LogP contribution in [0.25, 0.3) is 0 Å². The van der Waals surface area contributed by atoms with Gasteiger partial charge in [-0.15, -0.1) is 0 Å². The largest absolute Gasteiger partial charge is 0.494 e. The summed E-state index contributed by atoms with van der Waals surface area (Å²) >= 11 is 0. The molecule has 2 fully saturated rings. The van der Waals surface area contributed by atoms with Gasteiger partial charge in [0.05, 0.1) is 12.9 Å². The second-order valence-corrected chi connectivity index (χ2v) is 9.54. The van der Waals surface area contributed by atoms with Gasteiger partial charge in [0, 0.05) is 0 Å². The van der Waals surface area contributed by atoms with E-state index in [9.17, 15) is 4.39 Å². The van der Waals surface area contributed by atoms with Crippen molar-refractivity contribution in [1.82, 2.24) is 0 Å². The van der Waals surface area contributed by atoms with E-state index in [1.165, 1.54) is 76.2 Å². The number of halogens is 1. The molecular formula is C27H41FO. The van der Waals surface area contributed by atoms with E-state index < -0.39 is 0 Å². The maximum atomic E-state index is 12.1. The number of ether oxygens (including phenoxy) is 1. The minimum absolute atomic E-state index is 0.706. The average molecular weight is 401 g/mol. The van der Waals surface area contributed by atoms with E-state index in [-0.39, 0.29) is 0 Å². The molecule has 0 unspecified atom stereocenters. The van der Waals surface area contributed by atoms with Crippen molar-refractivity contribution < 1.29 is 9.13 Å². The molecule has 0 saturated heterocycles. The summed E-state index contributed by atoms with van der Waals surface area (Å²) in [5.41, 5.74) is 1.51. The molecule has 29 heavy (non-hydrogen) atoms. The maximum absolute atomic E-state index is 12.1. The van der Waals surface area contributed by atoms with Crippen molar-refractivity contribution in [2.24, 2.45) is 17.8 Å². The summed E-state index contributed by atoms with van der Waals surface area (Å²) in [7, 11) is 0. The van der Waals surface area contributed by atoms with Crippen LogP contribution in [-0.4, -0.2) is 6.61 Å². The third-order valence-corrected chi connectivity index (χ3v) is 7.45. The maximum Gasteiger partial charge on any atom is 0.119 e. The fraction of sp³-hybridized carbons (Fsp3) is 0.704. The molecule has 162 valence electrons. The Balaban J connectivity index is 1.31. The van der Waals surface area contributed by atoms with E-state index in [1.54, 1.807) is 6.08 Å². The van der Waals surface area contributed by atoms with E-state index in [0.29, 0.717) is 6.33 Å². The van der Waals surface area contributed by atoms with Crippen molar-refractivity contribution in [3.8, 4) is 5.75 Å². The van der Waals surface area contributed by atoms with Crippen LogP contribution in [0.15, 0.2) is 36.7 Å². The molecule has 0 aliphatic heterocycles. The molecule has 0 N–H and O–H groups in total. The molecule has 2 saturated carbocycles. The minimum Gasteiger partial charge on any atom is -0.494 e.